The molecule has 2 amide bonds. The molecule has 0 aliphatic carbocycles. The molecule has 0 aromatic heterocycles. The van der Waals surface area contributed by atoms with Crippen molar-refractivity contribution in [2.24, 2.45) is 0 Å². The number of esters is 1. The van der Waals surface area contributed by atoms with E-state index >= 15 is 0 Å². The molecule has 0 unspecified atom stereocenters. The van der Waals surface area contributed by atoms with Gasteiger partial charge in [-0.25, -0.2) is 0 Å². The second kappa shape index (κ2) is 11.1. The van der Waals surface area contributed by atoms with Crippen LogP contribution in [0.15, 0.2) is 40.9 Å². The number of methoxy groups -OCH3 is 3. The van der Waals surface area contributed by atoms with Gasteiger partial charge in [0.25, 0.3) is 11.8 Å². The summed E-state index contributed by atoms with van der Waals surface area (Å²) in [5.41, 5.74) is 0.764. The maximum absolute atomic E-state index is 12.1. The molecule has 9 nitrogen and oxygen atoms in total. The van der Waals surface area contributed by atoms with Crippen LogP contribution < -0.4 is 24.8 Å². The predicted octanol–water partition coefficient (Wildman–Crippen LogP) is 2.39. The smallest absolute Gasteiger partial charge is 0.325 e. The van der Waals surface area contributed by atoms with Crippen molar-refractivity contribution in [2.45, 2.75) is 0 Å². The van der Waals surface area contributed by atoms with Gasteiger partial charge in [0, 0.05) is 27.9 Å². The summed E-state index contributed by atoms with van der Waals surface area (Å²) in [5.74, 6) is -0.649. The lowest BCUT2D eigenvalue weighted by Gasteiger charge is -2.14. The van der Waals surface area contributed by atoms with Crippen LogP contribution >= 0.6 is 15.9 Å². The summed E-state index contributed by atoms with van der Waals surface area (Å²) >= 11 is 3.27. The molecular formula is C20H21BrN2O7. The van der Waals surface area contributed by atoms with Gasteiger partial charge in [0.05, 0.1) is 21.3 Å². The van der Waals surface area contributed by atoms with E-state index in [0.717, 1.165) is 4.47 Å². The number of carbonyl (C=O) groups is 3. The molecule has 2 rings (SSSR count). The fraction of sp³-hybridized carbons (Fsp3) is 0.250. The van der Waals surface area contributed by atoms with Gasteiger partial charge in [-0.2, -0.15) is 0 Å². The molecule has 0 radical (unpaired) electrons. The van der Waals surface area contributed by atoms with Crippen LogP contribution in [0.25, 0.3) is 0 Å². The lowest BCUT2D eigenvalue weighted by molar-refractivity contribution is -0.146. The van der Waals surface area contributed by atoms with Crippen molar-refractivity contribution in [1.82, 2.24) is 5.32 Å². The highest BCUT2D eigenvalue weighted by molar-refractivity contribution is 9.10. The average Bonchev–Trinajstić information content (AvgIpc) is 2.75. The summed E-state index contributed by atoms with van der Waals surface area (Å²) in [6.07, 6.45) is 0. The van der Waals surface area contributed by atoms with E-state index in [0.29, 0.717) is 28.5 Å². The quantitative estimate of drug-likeness (QED) is 0.529. The van der Waals surface area contributed by atoms with Gasteiger partial charge in [-0.15, -0.1) is 0 Å². The van der Waals surface area contributed by atoms with Crippen LogP contribution in [0, 0.1) is 0 Å². The van der Waals surface area contributed by atoms with Gasteiger partial charge in [0.2, 0.25) is 5.75 Å². The largest absolute Gasteiger partial charge is 0.493 e. The van der Waals surface area contributed by atoms with Gasteiger partial charge < -0.3 is 29.6 Å². The molecule has 0 atom stereocenters. The van der Waals surface area contributed by atoms with Crippen LogP contribution in [0.4, 0.5) is 5.69 Å². The van der Waals surface area contributed by atoms with Gasteiger partial charge in [-0.3, -0.25) is 14.4 Å². The Morgan fingerprint density at radius 1 is 0.933 bits per heavy atom. The van der Waals surface area contributed by atoms with Crippen LogP contribution in [-0.4, -0.2) is 52.3 Å². The highest BCUT2D eigenvalue weighted by atomic mass is 79.9. The van der Waals surface area contributed by atoms with Crippen molar-refractivity contribution in [1.29, 1.82) is 0 Å². The van der Waals surface area contributed by atoms with E-state index in [4.69, 9.17) is 18.9 Å². The molecule has 10 heteroatoms. The zero-order chi connectivity index (χ0) is 22.1. The van der Waals surface area contributed by atoms with Crippen molar-refractivity contribution >= 4 is 39.4 Å². The summed E-state index contributed by atoms with van der Waals surface area (Å²) in [4.78, 5) is 35.8. The Hall–Kier alpha value is -3.27. The van der Waals surface area contributed by atoms with Crippen LogP contribution in [0.3, 0.4) is 0 Å². The minimum atomic E-state index is -0.750. The highest BCUT2D eigenvalue weighted by Crippen LogP contribution is 2.39. The number of anilines is 1. The van der Waals surface area contributed by atoms with E-state index in [1.807, 2.05) is 0 Å². The van der Waals surface area contributed by atoms with Gasteiger partial charge >= 0.3 is 5.97 Å². The first-order valence-corrected chi connectivity index (χ1v) is 9.46. The number of rotatable bonds is 9. The predicted molar refractivity (Wildman–Crippen MR) is 112 cm³/mol. The first-order chi connectivity index (χ1) is 14.4. The number of carbonyl (C=O) groups excluding carboxylic acids is 3. The third-order valence-electron chi connectivity index (χ3n) is 3.81. The monoisotopic (exact) mass is 480 g/mol. The SMILES string of the molecule is COc1cc(NC(=O)COC(=O)CNC(=O)c2ccc(Br)cc2)cc(OC)c1OC. The molecular weight excluding hydrogens is 460 g/mol. The second-order valence-corrected chi connectivity index (χ2v) is 6.73. The van der Waals surface area contributed by atoms with E-state index < -0.39 is 24.4 Å². The Morgan fingerprint density at radius 3 is 2.07 bits per heavy atom. The van der Waals surface area contributed by atoms with Crippen molar-refractivity contribution < 1.29 is 33.3 Å². The zero-order valence-corrected chi connectivity index (χ0v) is 18.2. The van der Waals surface area contributed by atoms with Crippen molar-refractivity contribution in [2.75, 3.05) is 39.8 Å². The Bertz CT molecular complexity index is 891. The van der Waals surface area contributed by atoms with Gasteiger partial charge in [0.1, 0.15) is 6.54 Å². The van der Waals surface area contributed by atoms with Crippen molar-refractivity contribution in [3.63, 3.8) is 0 Å². The maximum atomic E-state index is 12.1. The Kier molecular flexibility index (Phi) is 8.48. The van der Waals surface area contributed by atoms with Crippen LogP contribution in [-0.2, 0) is 14.3 Å². The minimum Gasteiger partial charge on any atom is -0.493 e. The molecule has 0 spiro atoms. The third kappa shape index (κ3) is 6.38. The van der Waals surface area contributed by atoms with Crippen LogP contribution in [0.2, 0.25) is 0 Å². The molecule has 160 valence electrons. The molecule has 0 bridgehead atoms. The minimum absolute atomic E-state index is 0.361. The molecule has 0 aliphatic heterocycles. The summed E-state index contributed by atoms with van der Waals surface area (Å²) in [6, 6.07) is 9.71. The Balaban J connectivity index is 1.84. The molecule has 0 heterocycles. The number of halogens is 1. The van der Waals surface area contributed by atoms with Gasteiger partial charge in [-0.05, 0) is 24.3 Å². The molecule has 2 aromatic carbocycles. The number of hydrogen-bond donors (Lipinski definition) is 2. The molecule has 0 saturated heterocycles. The van der Waals surface area contributed by atoms with Crippen LogP contribution in [0.5, 0.6) is 17.2 Å². The average molecular weight is 481 g/mol. The topological polar surface area (TPSA) is 112 Å². The molecule has 0 fully saturated rings. The molecule has 0 aliphatic rings. The molecule has 0 saturated carbocycles. The fourth-order valence-electron chi connectivity index (χ4n) is 2.40. The van der Waals surface area contributed by atoms with Crippen LogP contribution in [0.1, 0.15) is 10.4 Å². The number of ether oxygens (including phenoxy) is 4. The lowest BCUT2D eigenvalue weighted by atomic mass is 10.2. The number of hydrogen-bond acceptors (Lipinski definition) is 7. The molecule has 2 aromatic rings. The zero-order valence-electron chi connectivity index (χ0n) is 16.6. The first-order valence-electron chi connectivity index (χ1n) is 8.67. The standard InChI is InChI=1S/C20H21BrN2O7/c1-27-15-8-14(9-16(28-2)19(15)29-3)23-17(24)11-30-18(25)10-22-20(26)12-4-6-13(21)7-5-12/h4-9H,10-11H2,1-3H3,(H,22,26)(H,23,24). The highest BCUT2D eigenvalue weighted by Gasteiger charge is 2.15. The fourth-order valence-corrected chi connectivity index (χ4v) is 2.67. The molecule has 30 heavy (non-hydrogen) atoms. The summed E-state index contributed by atoms with van der Waals surface area (Å²) < 4.78 is 21.3. The van der Waals surface area contributed by atoms with Gasteiger partial charge in [0.15, 0.2) is 18.1 Å². The van der Waals surface area contributed by atoms with E-state index in [1.54, 1.807) is 36.4 Å². The van der Waals surface area contributed by atoms with Gasteiger partial charge in [-0.1, -0.05) is 15.9 Å². The van der Waals surface area contributed by atoms with E-state index in [2.05, 4.69) is 26.6 Å². The number of nitrogens with one attached hydrogen (secondary N) is 2. The Labute approximate surface area is 181 Å². The third-order valence-corrected chi connectivity index (χ3v) is 4.34. The van der Waals surface area contributed by atoms with E-state index in [9.17, 15) is 14.4 Å². The Morgan fingerprint density at radius 2 is 1.53 bits per heavy atom. The summed E-state index contributed by atoms with van der Waals surface area (Å²) in [5, 5.41) is 5.00. The number of benzene rings is 2. The maximum Gasteiger partial charge on any atom is 0.325 e. The van der Waals surface area contributed by atoms with E-state index in [1.165, 1.54) is 21.3 Å². The van der Waals surface area contributed by atoms with E-state index in [-0.39, 0.29) is 6.54 Å². The second-order valence-electron chi connectivity index (χ2n) is 5.81. The molecule has 2 N–H and O–H groups in total. The summed E-state index contributed by atoms with van der Waals surface area (Å²) in [6.45, 7) is -0.893. The van der Waals surface area contributed by atoms with Crippen molar-refractivity contribution in [3.05, 3.63) is 46.4 Å². The summed E-state index contributed by atoms with van der Waals surface area (Å²) in [7, 11) is 4.37. The lowest BCUT2D eigenvalue weighted by Crippen LogP contribution is -2.32. The first kappa shape index (κ1) is 23.0. The number of amides is 2. The van der Waals surface area contributed by atoms with Crippen molar-refractivity contribution in [3.8, 4) is 17.2 Å². The normalized spacial score (nSPS) is 10.0.